The van der Waals surface area contributed by atoms with Crippen LogP contribution < -0.4 is 15.1 Å². The summed E-state index contributed by atoms with van der Waals surface area (Å²) in [6.45, 7) is 14.6. The van der Waals surface area contributed by atoms with E-state index in [4.69, 9.17) is 4.98 Å². The van der Waals surface area contributed by atoms with Gasteiger partial charge in [0, 0.05) is 31.2 Å². The van der Waals surface area contributed by atoms with Gasteiger partial charge in [-0.1, -0.05) is 30.0 Å². The van der Waals surface area contributed by atoms with Crippen molar-refractivity contribution in [1.82, 2.24) is 9.97 Å². The monoisotopic (exact) mass is 421 g/mol. The van der Waals surface area contributed by atoms with Crippen LogP contribution >= 0.6 is 11.8 Å². The predicted octanol–water partition coefficient (Wildman–Crippen LogP) is 6.11. The molecule has 158 valence electrons. The van der Waals surface area contributed by atoms with Crippen molar-refractivity contribution in [2.24, 2.45) is 0 Å². The van der Waals surface area contributed by atoms with Gasteiger partial charge in [-0.25, -0.2) is 4.98 Å². The van der Waals surface area contributed by atoms with Crippen molar-refractivity contribution in [3.63, 3.8) is 0 Å². The molecular weight excluding hydrogens is 390 g/mol. The van der Waals surface area contributed by atoms with Crippen molar-refractivity contribution in [2.45, 2.75) is 34.1 Å². The lowest BCUT2D eigenvalue weighted by Gasteiger charge is -2.27. The number of nitrogens with one attached hydrogen (secondary N) is 1. The number of allylic oxidation sites excluding steroid dienone is 3. The largest absolute Gasteiger partial charge is 0.372 e. The summed E-state index contributed by atoms with van der Waals surface area (Å²) in [5.41, 5.74) is 4.29. The van der Waals surface area contributed by atoms with E-state index in [9.17, 15) is 0 Å². The van der Waals surface area contributed by atoms with Crippen LogP contribution in [0.4, 0.5) is 17.2 Å². The second-order valence-corrected chi connectivity index (χ2v) is 8.87. The van der Waals surface area contributed by atoms with Crippen molar-refractivity contribution in [2.75, 3.05) is 35.3 Å². The van der Waals surface area contributed by atoms with Crippen LogP contribution in [0.25, 0.3) is 4.91 Å². The molecular formula is C24H31N5S. The summed E-state index contributed by atoms with van der Waals surface area (Å²) in [5, 5.41) is 3.39. The molecule has 0 bridgehead atoms. The van der Waals surface area contributed by atoms with E-state index in [0.29, 0.717) is 0 Å². The van der Waals surface area contributed by atoms with Crippen LogP contribution in [0.15, 0.2) is 65.6 Å². The highest BCUT2D eigenvalue weighted by molar-refractivity contribution is 8.11. The van der Waals surface area contributed by atoms with Crippen LogP contribution in [-0.4, -0.2) is 30.1 Å². The van der Waals surface area contributed by atoms with E-state index in [-0.39, 0.29) is 0 Å². The number of hydrogen-bond acceptors (Lipinski definition) is 6. The summed E-state index contributed by atoms with van der Waals surface area (Å²) >= 11 is 1.77. The molecule has 0 amide bonds. The number of anilines is 3. The molecule has 0 unspecified atom stereocenters. The van der Waals surface area contributed by atoms with Gasteiger partial charge < -0.3 is 15.1 Å². The molecule has 1 aliphatic heterocycles. The van der Waals surface area contributed by atoms with Crippen LogP contribution in [-0.2, 0) is 0 Å². The first-order valence-electron chi connectivity index (χ1n) is 10.2. The van der Waals surface area contributed by atoms with E-state index < -0.39 is 0 Å². The number of rotatable bonds is 6. The van der Waals surface area contributed by atoms with Gasteiger partial charge in [0.25, 0.3) is 0 Å². The Hall–Kier alpha value is -2.73. The molecule has 0 spiro atoms. The molecule has 3 heterocycles. The Balaban J connectivity index is 2.01. The van der Waals surface area contributed by atoms with Gasteiger partial charge in [-0.3, -0.25) is 4.98 Å². The van der Waals surface area contributed by atoms with Crippen molar-refractivity contribution >= 4 is 33.9 Å². The number of hydrogen-bond donors (Lipinski definition) is 1. The molecule has 3 rings (SSSR count). The third kappa shape index (κ3) is 5.05. The molecule has 30 heavy (non-hydrogen) atoms. The van der Waals surface area contributed by atoms with Crippen molar-refractivity contribution in [3.05, 3.63) is 71.3 Å². The summed E-state index contributed by atoms with van der Waals surface area (Å²) in [6.07, 6.45) is 6.73. The molecule has 2 aromatic rings. The van der Waals surface area contributed by atoms with Crippen LogP contribution in [0.1, 0.15) is 39.8 Å². The Labute approximate surface area is 184 Å². The molecule has 1 N–H and O–H groups in total. The van der Waals surface area contributed by atoms with Gasteiger partial charge in [-0.15, -0.1) is 0 Å². The highest BCUT2D eigenvalue weighted by atomic mass is 32.2. The van der Waals surface area contributed by atoms with E-state index >= 15 is 0 Å². The van der Waals surface area contributed by atoms with Crippen LogP contribution in [0.3, 0.4) is 0 Å². The molecule has 0 radical (unpaired) electrons. The molecule has 0 atom stereocenters. The van der Waals surface area contributed by atoms with Gasteiger partial charge >= 0.3 is 0 Å². The first-order chi connectivity index (χ1) is 14.4. The highest BCUT2D eigenvalue weighted by Gasteiger charge is 2.23. The average Bonchev–Trinajstić information content (AvgIpc) is 2.90. The lowest BCUT2D eigenvalue weighted by molar-refractivity contribution is 0.789. The topological polar surface area (TPSA) is 44.3 Å². The van der Waals surface area contributed by atoms with Gasteiger partial charge in [-0.05, 0) is 63.3 Å². The van der Waals surface area contributed by atoms with E-state index in [2.05, 4.69) is 79.6 Å². The standard InChI is InChI=1S/C24H31N5S/c1-7-18(4)30-23(17(2)3)21-11-12-22-24(27-21)29(15-9-14-28(22)6)19(5)26-20-10-8-13-25-16-20/h7-8,10-13,16,26H,5,9,14-15H2,1-4,6H3/b18-7+. The maximum Gasteiger partial charge on any atom is 0.158 e. The minimum Gasteiger partial charge on any atom is -0.372 e. The number of aromatic nitrogens is 2. The zero-order valence-corrected chi connectivity index (χ0v) is 19.4. The quantitative estimate of drug-likeness (QED) is 0.607. The lowest BCUT2D eigenvalue weighted by atomic mass is 10.2. The Bertz CT molecular complexity index is 961. The number of thioether (sulfide) groups is 1. The lowest BCUT2D eigenvalue weighted by Crippen LogP contribution is -2.28. The van der Waals surface area contributed by atoms with Crippen molar-refractivity contribution in [1.29, 1.82) is 0 Å². The number of fused-ring (bicyclic) bond motifs is 1. The zero-order chi connectivity index (χ0) is 21.7. The maximum absolute atomic E-state index is 5.14. The molecule has 0 fully saturated rings. The van der Waals surface area contributed by atoms with Crippen LogP contribution in [0.5, 0.6) is 0 Å². The summed E-state index contributed by atoms with van der Waals surface area (Å²) in [6, 6.07) is 8.22. The first kappa shape index (κ1) is 22.0. The second-order valence-electron chi connectivity index (χ2n) is 7.61. The Kier molecular flexibility index (Phi) is 7.21. The molecule has 1 aliphatic rings. The van der Waals surface area contributed by atoms with Gasteiger partial charge in [-0.2, -0.15) is 0 Å². The molecule has 0 aromatic carbocycles. The number of pyridine rings is 2. The highest BCUT2D eigenvalue weighted by Crippen LogP contribution is 2.39. The van der Waals surface area contributed by atoms with E-state index in [1.54, 1.807) is 24.2 Å². The fourth-order valence-electron chi connectivity index (χ4n) is 3.32. The van der Waals surface area contributed by atoms with Gasteiger partial charge in [0.15, 0.2) is 5.82 Å². The Morgan fingerprint density at radius 1 is 1.20 bits per heavy atom. The summed E-state index contributed by atoms with van der Waals surface area (Å²) < 4.78 is 0. The van der Waals surface area contributed by atoms with Crippen molar-refractivity contribution in [3.8, 4) is 0 Å². The maximum atomic E-state index is 5.14. The molecule has 0 aliphatic carbocycles. The SMILES string of the molecule is C=C(Nc1cccnc1)N1CCCN(C)c2ccc(C(S/C(C)=C/C)=C(C)C)nc21. The Morgan fingerprint density at radius 2 is 2.00 bits per heavy atom. The smallest absolute Gasteiger partial charge is 0.158 e. The van der Waals surface area contributed by atoms with E-state index in [0.717, 1.165) is 48.2 Å². The zero-order valence-electron chi connectivity index (χ0n) is 18.6. The predicted molar refractivity (Wildman–Crippen MR) is 132 cm³/mol. The third-order valence-corrected chi connectivity index (χ3v) is 6.41. The third-order valence-electron chi connectivity index (χ3n) is 5.03. The summed E-state index contributed by atoms with van der Waals surface area (Å²) in [4.78, 5) is 16.3. The molecule has 2 aromatic heterocycles. The second kappa shape index (κ2) is 9.85. The molecule has 5 nitrogen and oxygen atoms in total. The minimum atomic E-state index is 0.806. The first-order valence-corrected chi connectivity index (χ1v) is 11.1. The molecule has 6 heteroatoms. The fraction of sp³-hybridized carbons (Fsp3) is 0.333. The van der Waals surface area contributed by atoms with E-state index in [1.165, 1.54) is 15.4 Å². The van der Waals surface area contributed by atoms with Crippen molar-refractivity contribution < 1.29 is 0 Å². The van der Waals surface area contributed by atoms with Gasteiger partial charge in [0.2, 0.25) is 0 Å². The minimum absolute atomic E-state index is 0.806. The summed E-state index contributed by atoms with van der Waals surface area (Å²) in [5.74, 6) is 1.74. The summed E-state index contributed by atoms with van der Waals surface area (Å²) in [7, 11) is 2.13. The van der Waals surface area contributed by atoms with Crippen LogP contribution in [0.2, 0.25) is 0 Å². The normalized spacial score (nSPS) is 14.1. The van der Waals surface area contributed by atoms with Gasteiger partial charge in [0.05, 0.1) is 23.3 Å². The average molecular weight is 422 g/mol. The fourth-order valence-corrected chi connectivity index (χ4v) is 4.18. The van der Waals surface area contributed by atoms with Crippen LogP contribution in [0, 0.1) is 0 Å². The molecule has 0 saturated carbocycles. The van der Waals surface area contributed by atoms with Gasteiger partial charge in [0.1, 0.15) is 5.82 Å². The Morgan fingerprint density at radius 3 is 2.67 bits per heavy atom. The molecule has 0 saturated heterocycles. The number of nitrogens with zero attached hydrogens (tertiary/aromatic N) is 4. The van der Waals surface area contributed by atoms with E-state index in [1.807, 2.05) is 12.1 Å².